The monoisotopic (exact) mass is 933 g/mol. The first kappa shape index (κ1) is 56.3. The first-order chi connectivity index (χ1) is 31.2. The summed E-state index contributed by atoms with van der Waals surface area (Å²) in [5.41, 5.74) is 6.01. The molecule has 6 unspecified atom stereocenters. The fourth-order valence-electron chi connectivity index (χ4n) is 7.94. The number of cyclic esters (lactones) is 1. The van der Waals surface area contributed by atoms with Crippen LogP contribution >= 0.6 is 0 Å². The highest BCUT2D eigenvalue weighted by Crippen LogP contribution is 2.38. The summed E-state index contributed by atoms with van der Waals surface area (Å²) in [5, 5.41) is 108. The Balaban J connectivity index is 1.87. The molecule has 0 aromatic heterocycles. The number of rotatable bonds is 4. The van der Waals surface area contributed by atoms with Crippen LogP contribution in [-0.4, -0.2) is 160 Å². The molecule has 0 aromatic rings. The summed E-state index contributed by atoms with van der Waals surface area (Å²) < 4.78 is 23.1. The topological polar surface area (TPSA) is 316 Å². The van der Waals surface area contributed by atoms with Gasteiger partial charge in [0.1, 0.15) is 23.9 Å². The van der Waals surface area contributed by atoms with Gasteiger partial charge in [0.15, 0.2) is 12.1 Å². The number of ether oxygens (including phenoxy) is 4. The SMILES string of the molecule is C=C[C@@H]1OC(=O)C[C@H](O)CC(=O)C[C@H](O)CC[C@@H](O)[C@H](O)C[C@]2(O)C[C@H](O)[C@@H](C(=O)O)C(C[C@@H](OC3OC(C)C(O)C(N)C3O)/C=C/C=C/C=C/C=C/C=C/C=C/C=C/[C@H](C)[C@@H](O)[C@H]1C)O2. The zero-order valence-corrected chi connectivity index (χ0v) is 37.7. The zero-order valence-electron chi connectivity index (χ0n) is 37.7. The molecule has 0 aromatic carbocycles. The summed E-state index contributed by atoms with van der Waals surface area (Å²) in [6.45, 7) is 8.71. The van der Waals surface area contributed by atoms with Crippen LogP contribution < -0.4 is 5.73 Å². The lowest BCUT2D eigenvalue weighted by atomic mass is 9.82. The molecule has 0 spiro atoms. The smallest absolute Gasteiger partial charge is 0.311 e. The number of hydrogen-bond donors (Lipinski definition) is 11. The number of carbonyl (C=O) groups excluding carboxylic acids is 2. The number of hydrogen-bond acceptors (Lipinski definition) is 17. The molecule has 2 fully saturated rings. The maximum Gasteiger partial charge on any atom is 0.311 e. The van der Waals surface area contributed by atoms with E-state index >= 15 is 0 Å². The van der Waals surface area contributed by atoms with E-state index in [-0.39, 0.29) is 25.2 Å². The Morgan fingerprint density at radius 1 is 0.742 bits per heavy atom. The van der Waals surface area contributed by atoms with Crippen LogP contribution in [0.4, 0.5) is 0 Å². The van der Waals surface area contributed by atoms with E-state index in [1.165, 1.54) is 19.1 Å². The van der Waals surface area contributed by atoms with Crippen molar-refractivity contribution in [2.45, 2.75) is 164 Å². The third kappa shape index (κ3) is 18.2. The minimum atomic E-state index is -2.38. The Morgan fingerprint density at radius 2 is 1.29 bits per heavy atom. The second-order valence-electron chi connectivity index (χ2n) is 17.4. The number of aliphatic hydroxyl groups is 9. The van der Waals surface area contributed by atoms with Crippen molar-refractivity contribution in [3.05, 3.63) is 97.7 Å². The van der Waals surface area contributed by atoms with Crippen molar-refractivity contribution < 1.29 is 84.4 Å². The van der Waals surface area contributed by atoms with Crippen LogP contribution in [0.5, 0.6) is 0 Å². The summed E-state index contributed by atoms with van der Waals surface area (Å²) in [6, 6.07) is -1.16. The number of carboxylic acid groups (broad SMARTS) is 1. The van der Waals surface area contributed by atoms with Gasteiger partial charge in [-0.1, -0.05) is 112 Å². The van der Waals surface area contributed by atoms with E-state index in [2.05, 4.69) is 6.58 Å². The Hall–Kier alpha value is -3.99. The maximum absolute atomic E-state index is 12.7. The lowest BCUT2D eigenvalue weighted by Crippen LogP contribution is -2.61. The van der Waals surface area contributed by atoms with Gasteiger partial charge in [0.2, 0.25) is 0 Å². The summed E-state index contributed by atoms with van der Waals surface area (Å²) in [6.07, 6.45) is 4.56. The number of fused-ring (bicyclic) bond motifs is 2. The molecule has 0 saturated carbocycles. The number of aliphatic carboxylic acids is 1. The molecular weight excluding hydrogens is 863 g/mol. The van der Waals surface area contributed by atoms with Crippen LogP contribution in [0, 0.1) is 17.8 Å². The minimum Gasteiger partial charge on any atom is -0.481 e. The van der Waals surface area contributed by atoms with Gasteiger partial charge in [0.25, 0.3) is 0 Å². The molecule has 2 bridgehead atoms. The number of aliphatic hydroxyl groups excluding tert-OH is 8. The molecule has 3 heterocycles. The molecule has 0 amide bonds. The molecule has 370 valence electrons. The molecule has 12 N–H and O–H groups in total. The van der Waals surface area contributed by atoms with E-state index in [1.807, 2.05) is 0 Å². The van der Waals surface area contributed by atoms with Crippen LogP contribution in [0.1, 0.15) is 72.1 Å². The summed E-state index contributed by atoms with van der Waals surface area (Å²) in [4.78, 5) is 37.9. The second kappa shape index (κ2) is 27.7. The quantitative estimate of drug-likeness (QED) is 0.139. The second-order valence-corrected chi connectivity index (χ2v) is 17.4. The number of carboxylic acids is 1. The van der Waals surface area contributed by atoms with E-state index in [9.17, 15) is 65.4 Å². The van der Waals surface area contributed by atoms with Crippen molar-refractivity contribution >= 4 is 17.7 Å². The zero-order chi connectivity index (χ0) is 49.1. The molecule has 3 aliphatic rings. The van der Waals surface area contributed by atoms with Crippen LogP contribution in [0.3, 0.4) is 0 Å². The van der Waals surface area contributed by atoms with Crippen molar-refractivity contribution in [2.24, 2.45) is 23.5 Å². The molecule has 0 aliphatic carbocycles. The predicted octanol–water partition coefficient (Wildman–Crippen LogP) is 1.09. The van der Waals surface area contributed by atoms with Crippen LogP contribution in [0.25, 0.3) is 0 Å². The van der Waals surface area contributed by atoms with Gasteiger partial charge < -0.3 is 75.7 Å². The van der Waals surface area contributed by atoms with E-state index < -0.39 is 153 Å². The Labute approximate surface area is 386 Å². The van der Waals surface area contributed by atoms with Crippen molar-refractivity contribution in [1.29, 1.82) is 0 Å². The van der Waals surface area contributed by atoms with Crippen LogP contribution in [-0.2, 0) is 33.3 Å². The van der Waals surface area contributed by atoms with Crippen molar-refractivity contribution in [1.82, 2.24) is 0 Å². The van der Waals surface area contributed by atoms with Gasteiger partial charge in [-0.05, 0) is 19.8 Å². The van der Waals surface area contributed by atoms with E-state index in [0.29, 0.717) is 0 Å². The maximum atomic E-state index is 12.7. The fourth-order valence-corrected chi connectivity index (χ4v) is 7.94. The van der Waals surface area contributed by atoms with E-state index in [1.54, 1.807) is 92.8 Å². The first-order valence-corrected chi connectivity index (χ1v) is 22.3. The summed E-state index contributed by atoms with van der Waals surface area (Å²) in [5.74, 6) is -7.80. The molecule has 0 radical (unpaired) electrons. The molecule has 18 nitrogen and oxygen atoms in total. The highest BCUT2D eigenvalue weighted by Gasteiger charge is 2.51. The number of carbonyl (C=O) groups is 3. The minimum absolute atomic E-state index is 0.212. The molecule has 3 rings (SSSR count). The highest BCUT2D eigenvalue weighted by molar-refractivity contribution is 5.80. The number of Topliss-reactive ketones (excluding diaryl/α,β-unsaturated/α-hetero) is 1. The van der Waals surface area contributed by atoms with Gasteiger partial charge in [-0.3, -0.25) is 14.4 Å². The van der Waals surface area contributed by atoms with Gasteiger partial charge in [0.05, 0.1) is 73.5 Å². The number of esters is 1. The average molecular weight is 934 g/mol. The van der Waals surface area contributed by atoms with Crippen molar-refractivity contribution in [2.75, 3.05) is 0 Å². The largest absolute Gasteiger partial charge is 0.481 e. The third-order valence-corrected chi connectivity index (χ3v) is 11.8. The molecular formula is C48H71NO17. The average Bonchev–Trinajstić information content (AvgIpc) is 3.24. The summed E-state index contributed by atoms with van der Waals surface area (Å²) >= 11 is 0. The number of allylic oxidation sites excluding steroid dienone is 12. The van der Waals surface area contributed by atoms with E-state index in [0.717, 1.165) is 0 Å². The number of nitrogens with two attached hydrogens (primary N) is 1. The van der Waals surface area contributed by atoms with Crippen molar-refractivity contribution in [3.63, 3.8) is 0 Å². The Morgan fingerprint density at radius 3 is 1.86 bits per heavy atom. The van der Waals surface area contributed by atoms with Gasteiger partial charge in [-0.2, -0.15) is 0 Å². The molecule has 2 saturated heterocycles. The van der Waals surface area contributed by atoms with E-state index in [4.69, 9.17) is 24.7 Å². The van der Waals surface area contributed by atoms with Gasteiger partial charge in [-0.25, -0.2) is 0 Å². The summed E-state index contributed by atoms with van der Waals surface area (Å²) in [7, 11) is 0. The highest BCUT2D eigenvalue weighted by atomic mass is 16.7. The lowest BCUT2D eigenvalue weighted by molar-refractivity contribution is -0.310. The molecule has 18 atom stereocenters. The fraction of sp³-hybridized carbons (Fsp3) is 0.604. The molecule has 3 aliphatic heterocycles. The third-order valence-electron chi connectivity index (χ3n) is 11.8. The van der Waals surface area contributed by atoms with Gasteiger partial charge in [0, 0.05) is 43.9 Å². The van der Waals surface area contributed by atoms with Crippen LogP contribution in [0.2, 0.25) is 0 Å². The molecule has 66 heavy (non-hydrogen) atoms. The van der Waals surface area contributed by atoms with Crippen molar-refractivity contribution in [3.8, 4) is 0 Å². The molecule has 18 heteroatoms. The normalized spacial score (nSPS) is 43.8. The lowest BCUT2D eigenvalue weighted by Gasteiger charge is -2.45. The first-order valence-electron chi connectivity index (χ1n) is 22.3. The Bertz CT molecular complexity index is 1760. The Kier molecular flexibility index (Phi) is 23.7. The predicted molar refractivity (Wildman–Crippen MR) is 241 cm³/mol. The van der Waals surface area contributed by atoms with Gasteiger partial charge >= 0.3 is 11.9 Å². The number of ketones is 1. The van der Waals surface area contributed by atoms with Crippen LogP contribution in [0.15, 0.2) is 97.7 Å². The van der Waals surface area contributed by atoms with Gasteiger partial charge in [-0.15, -0.1) is 0 Å². The standard InChI is InChI=1S/C48H71NO17/c1-5-38-29(3)43(57)28(2)18-16-14-12-10-8-6-7-9-11-13-15-17-19-34(64-47-45(59)42(49)44(58)30(4)63-47)25-39-41(46(60)61)37(55)27-48(62,66-39)26-36(54)35(53)21-20-31(50)22-32(51)23-33(52)24-40(56)65-38/h5-19,28-31,33-39,41-45,47,50,52-55,57-59,62H,1,20-27,49H2,2-4H3,(H,60,61)/b7-6+,10-8+,11-9+,14-12+,15-13+,18-16+,19-17+/t28-,29-,30?,31+,33+,34-,35+,36+,37-,38-,39?,41+,42?,43+,44?,45?,47?,48+/m0/s1.